The van der Waals surface area contributed by atoms with Gasteiger partial charge in [0.1, 0.15) is 11.8 Å². The summed E-state index contributed by atoms with van der Waals surface area (Å²) in [4.78, 5) is 52.4. The second kappa shape index (κ2) is 16.6. The minimum absolute atomic E-state index is 0.0806. The molecule has 51 heavy (non-hydrogen) atoms. The number of rotatable bonds is 17. The van der Waals surface area contributed by atoms with Crippen molar-refractivity contribution in [1.82, 2.24) is 4.90 Å². The Morgan fingerprint density at radius 2 is 1.53 bits per heavy atom. The van der Waals surface area contributed by atoms with Crippen LogP contribution in [-0.2, 0) is 14.4 Å². The fraction of sp³-hybridized carbons (Fsp3) is 0.525. The van der Waals surface area contributed by atoms with Crippen LogP contribution < -0.4 is 19.4 Å². The number of amides is 3. The van der Waals surface area contributed by atoms with E-state index in [1.54, 1.807) is 38.6 Å². The fourth-order valence-corrected chi connectivity index (χ4v) is 11.9. The van der Waals surface area contributed by atoms with E-state index >= 15 is 9.59 Å². The van der Waals surface area contributed by atoms with Crippen LogP contribution >= 0.6 is 27.7 Å². The van der Waals surface area contributed by atoms with Crippen molar-refractivity contribution < 1.29 is 24.2 Å². The molecule has 0 aliphatic carbocycles. The van der Waals surface area contributed by atoms with Gasteiger partial charge in [-0.1, -0.05) is 48.4 Å². The maximum absolute atomic E-state index is 15.2. The van der Waals surface area contributed by atoms with Gasteiger partial charge in [-0.2, -0.15) is 0 Å². The van der Waals surface area contributed by atoms with Crippen molar-refractivity contribution in [3.63, 3.8) is 0 Å². The summed E-state index contributed by atoms with van der Waals surface area (Å²) in [5.74, 6) is -1.44. The van der Waals surface area contributed by atoms with Gasteiger partial charge in [-0.25, -0.2) is 0 Å². The fourth-order valence-electron chi connectivity index (χ4n) is 8.35. The van der Waals surface area contributed by atoms with Gasteiger partial charge in [-0.15, -0.1) is 24.9 Å². The van der Waals surface area contributed by atoms with Crippen LogP contribution in [0, 0.1) is 17.8 Å². The van der Waals surface area contributed by atoms with E-state index in [9.17, 15) is 9.90 Å². The van der Waals surface area contributed by atoms with Gasteiger partial charge < -0.3 is 29.4 Å². The number of thioether (sulfide) groups is 1. The first-order valence-corrected chi connectivity index (χ1v) is 20.0. The van der Waals surface area contributed by atoms with Crippen molar-refractivity contribution in [3.8, 4) is 5.75 Å². The summed E-state index contributed by atoms with van der Waals surface area (Å²) in [6.07, 6.45) is 4.64. The standard InChI is InChI=1S/C40H53BrN4O5S/c1-8-22-43(29-18-20-30(21-19-29)50-13-6)37(47)33-34-38(48)45(32(25-46)26(7)10-3)36(40(34)24-31(41)35(33)51-40)39(49)44(23-9-2)28-16-14-27(15-17-28)42(11-4)12-5/h8-9,14-21,26,31-36,46H,1-2,10-13,22-25H2,3-7H3/t26-,31?,32-,33+,34-,35+,36?,40?/m0/s1. The maximum Gasteiger partial charge on any atom is 0.251 e. The molecule has 0 saturated carbocycles. The van der Waals surface area contributed by atoms with Crippen molar-refractivity contribution >= 4 is 62.5 Å². The molecule has 8 atom stereocenters. The highest BCUT2D eigenvalue weighted by Gasteiger charge is 2.76. The van der Waals surface area contributed by atoms with Gasteiger partial charge in [0, 0.05) is 53.3 Å². The predicted molar refractivity (Wildman–Crippen MR) is 212 cm³/mol. The lowest BCUT2D eigenvalue weighted by Gasteiger charge is -2.41. The number of aliphatic hydroxyl groups excluding tert-OH is 1. The first-order chi connectivity index (χ1) is 24.6. The Morgan fingerprint density at radius 3 is 2.04 bits per heavy atom. The minimum atomic E-state index is -0.894. The lowest BCUT2D eigenvalue weighted by Crippen LogP contribution is -2.59. The molecule has 3 aliphatic heterocycles. The summed E-state index contributed by atoms with van der Waals surface area (Å²) < 4.78 is 4.76. The monoisotopic (exact) mass is 780 g/mol. The maximum atomic E-state index is 15.2. The highest BCUT2D eigenvalue weighted by molar-refractivity contribution is 9.09. The van der Waals surface area contributed by atoms with Gasteiger partial charge in [0.05, 0.1) is 35.8 Å². The van der Waals surface area contributed by atoms with E-state index in [-0.39, 0.29) is 53.4 Å². The highest BCUT2D eigenvalue weighted by Crippen LogP contribution is 2.68. The molecule has 1 N–H and O–H groups in total. The summed E-state index contributed by atoms with van der Waals surface area (Å²) in [6, 6.07) is 13.8. The zero-order valence-electron chi connectivity index (χ0n) is 30.5. The molecule has 3 heterocycles. The number of hydrogen-bond donors (Lipinski definition) is 1. The van der Waals surface area contributed by atoms with Crippen molar-refractivity contribution in [2.24, 2.45) is 17.8 Å². The van der Waals surface area contributed by atoms with Crippen molar-refractivity contribution in [2.75, 3.05) is 54.1 Å². The average molecular weight is 782 g/mol. The number of hydrogen-bond acceptors (Lipinski definition) is 7. The van der Waals surface area contributed by atoms with Crippen molar-refractivity contribution in [2.45, 2.75) is 74.4 Å². The number of ether oxygens (including phenoxy) is 1. The molecule has 0 radical (unpaired) electrons. The SMILES string of the molecule is C=CCN(C(=O)C1N([C@@H](CO)[C@@H](C)CC)C(=O)[C@@H]2[C@@H](C(=O)N(CC=C)c3ccc(OCC)cc3)[C@@H]3SC12CC3Br)c1ccc(N(CC)CC)cc1. The second-order valence-corrected chi connectivity index (χ2v) is 16.4. The van der Waals surface area contributed by atoms with Gasteiger partial charge >= 0.3 is 0 Å². The van der Waals surface area contributed by atoms with Gasteiger partial charge in [-0.3, -0.25) is 14.4 Å². The average Bonchev–Trinajstić information content (AvgIpc) is 3.74. The Balaban J connectivity index is 1.60. The highest BCUT2D eigenvalue weighted by atomic mass is 79.9. The third kappa shape index (κ3) is 6.98. The summed E-state index contributed by atoms with van der Waals surface area (Å²) in [7, 11) is 0. The Bertz CT molecular complexity index is 1570. The van der Waals surface area contributed by atoms with Crippen LogP contribution in [-0.4, -0.2) is 94.0 Å². The molecule has 3 saturated heterocycles. The van der Waals surface area contributed by atoms with E-state index in [0.717, 1.165) is 18.8 Å². The molecule has 3 amide bonds. The third-order valence-corrected chi connectivity index (χ3v) is 14.2. The molecular formula is C40H53BrN4O5S. The van der Waals surface area contributed by atoms with Gasteiger partial charge in [-0.05, 0) is 81.6 Å². The van der Waals surface area contributed by atoms with Gasteiger partial charge in [0.25, 0.3) is 5.91 Å². The number of alkyl halides is 1. The lowest BCUT2D eigenvalue weighted by atomic mass is 9.70. The molecule has 5 rings (SSSR count). The second-order valence-electron chi connectivity index (χ2n) is 13.6. The van der Waals surface area contributed by atoms with E-state index in [2.05, 4.69) is 47.8 Å². The van der Waals surface area contributed by atoms with Crippen LogP contribution in [0.2, 0.25) is 0 Å². The summed E-state index contributed by atoms with van der Waals surface area (Å²) >= 11 is 5.52. The van der Waals surface area contributed by atoms with Crippen LogP contribution in [0.1, 0.15) is 47.5 Å². The van der Waals surface area contributed by atoms with Crippen molar-refractivity contribution in [1.29, 1.82) is 0 Å². The zero-order chi connectivity index (χ0) is 37.0. The number of fused-ring (bicyclic) bond motifs is 1. The van der Waals surface area contributed by atoms with Crippen LogP contribution in [0.25, 0.3) is 0 Å². The van der Waals surface area contributed by atoms with Gasteiger partial charge in [0.15, 0.2) is 0 Å². The van der Waals surface area contributed by atoms with E-state index in [0.29, 0.717) is 36.6 Å². The summed E-state index contributed by atoms with van der Waals surface area (Å²) in [5, 5.41) is 10.6. The molecule has 11 heteroatoms. The Hall–Kier alpha value is -3.28. The largest absolute Gasteiger partial charge is 0.494 e. The molecule has 1 spiro atoms. The van der Waals surface area contributed by atoms with Crippen LogP contribution in [0.5, 0.6) is 5.75 Å². The minimum Gasteiger partial charge on any atom is -0.494 e. The first-order valence-electron chi connectivity index (χ1n) is 18.2. The number of halogens is 1. The molecule has 2 bridgehead atoms. The number of anilines is 3. The number of benzene rings is 2. The smallest absolute Gasteiger partial charge is 0.251 e. The quantitative estimate of drug-likeness (QED) is 0.144. The molecule has 9 nitrogen and oxygen atoms in total. The topological polar surface area (TPSA) is 93.6 Å². The van der Waals surface area contributed by atoms with E-state index < -0.39 is 28.7 Å². The van der Waals surface area contributed by atoms with Gasteiger partial charge in [0.2, 0.25) is 11.8 Å². The Labute approximate surface area is 316 Å². The molecule has 3 aliphatic rings. The Kier molecular flexibility index (Phi) is 12.7. The summed E-state index contributed by atoms with van der Waals surface area (Å²) in [6.45, 7) is 20.5. The first kappa shape index (κ1) is 38.9. The number of nitrogens with zero attached hydrogens (tertiary/aromatic N) is 4. The van der Waals surface area contributed by atoms with E-state index in [1.165, 1.54) is 0 Å². The van der Waals surface area contributed by atoms with Crippen LogP contribution in [0.4, 0.5) is 17.1 Å². The molecule has 276 valence electrons. The van der Waals surface area contributed by atoms with E-state index in [4.69, 9.17) is 4.74 Å². The molecule has 2 aromatic rings. The lowest BCUT2D eigenvalue weighted by molar-refractivity contribution is -0.143. The normalized spacial score (nSPS) is 26.0. The number of carbonyl (C=O) groups is 3. The van der Waals surface area contributed by atoms with Crippen LogP contribution in [0.15, 0.2) is 73.8 Å². The predicted octanol–water partition coefficient (Wildman–Crippen LogP) is 6.54. The number of carbonyl (C=O) groups excluding carboxylic acids is 3. The molecule has 0 aromatic heterocycles. The van der Waals surface area contributed by atoms with Crippen molar-refractivity contribution in [3.05, 3.63) is 73.8 Å². The third-order valence-electron chi connectivity index (χ3n) is 11.0. The van der Waals surface area contributed by atoms with E-state index in [1.807, 2.05) is 69.3 Å². The molecule has 3 unspecified atom stereocenters. The summed E-state index contributed by atoms with van der Waals surface area (Å²) in [5.41, 5.74) is 2.46. The molecule has 2 aromatic carbocycles. The number of likely N-dealkylation sites (tertiary alicyclic amines) is 1. The zero-order valence-corrected chi connectivity index (χ0v) is 32.9. The molecular weight excluding hydrogens is 728 g/mol. The Morgan fingerprint density at radius 1 is 0.980 bits per heavy atom. The van der Waals surface area contributed by atoms with Crippen LogP contribution in [0.3, 0.4) is 0 Å². The molecule has 3 fully saturated rings. The number of aliphatic hydroxyl groups is 1.